The summed E-state index contributed by atoms with van der Waals surface area (Å²) in [5.41, 5.74) is 0.389. The van der Waals surface area contributed by atoms with E-state index in [2.05, 4.69) is 0 Å². The molecule has 0 bridgehead atoms. The molecule has 3 aromatic carbocycles. The number of nitrogens with zero attached hydrogens (tertiary/aromatic N) is 1. The van der Waals surface area contributed by atoms with Gasteiger partial charge < -0.3 is 9.57 Å². The first-order chi connectivity index (χ1) is 13.1. The van der Waals surface area contributed by atoms with Crippen molar-refractivity contribution in [2.45, 2.75) is 0 Å². The van der Waals surface area contributed by atoms with E-state index in [0.29, 0.717) is 15.8 Å². The molecule has 27 heavy (non-hydrogen) atoms. The molecule has 1 aliphatic rings. The van der Waals surface area contributed by atoms with Crippen molar-refractivity contribution in [3.05, 3.63) is 76.8 Å². The number of ether oxygens (including phenoxy) is 1. The van der Waals surface area contributed by atoms with Crippen molar-refractivity contribution in [1.29, 1.82) is 0 Å². The summed E-state index contributed by atoms with van der Waals surface area (Å²) in [6, 6.07) is 16.9. The van der Waals surface area contributed by atoms with Crippen LogP contribution >= 0.6 is 11.6 Å². The monoisotopic (exact) mass is 381 g/mol. The van der Waals surface area contributed by atoms with E-state index < -0.39 is 24.4 Å². The molecule has 2 amide bonds. The molecule has 0 atom stereocenters. The van der Waals surface area contributed by atoms with Crippen LogP contribution in [0.15, 0.2) is 60.7 Å². The average molecular weight is 382 g/mol. The van der Waals surface area contributed by atoms with Crippen molar-refractivity contribution in [2.24, 2.45) is 0 Å². The zero-order valence-electron chi connectivity index (χ0n) is 13.8. The highest BCUT2D eigenvalue weighted by Crippen LogP contribution is 2.31. The third-order valence-corrected chi connectivity index (χ3v) is 4.46. The molecule has 7 heteroatoms. The number of hydroxylamine groups is 2. The number of amides is 2. The zero-order chi connectivity index (χ0) is 19.0. The summed E-state index contributed by atoms with van der Waals surface area (Å²) in [7, 11) is 0. The van der Waals surface area contributed by atoms with Crippen LogP contribution in [0.25, 0.3) is 10.8 Å². The lowest BCUT2D eigenvalue weighted by molar-refractivity contribution is -0.170. The molecule has 0 saturated heterocycles. The molecule has 0 N–H and O–H groups in total. The van der Waals surface area contributed by atoms with E-state index >= 15 is 0 Å². The maximum absolute atomic E-state index is 12.2. The van der Waals surface area contributed by atoms with Gasteiger partial charge in [-0.1, -0.05) is 53.1 Å². The van der Waals surface area contributed by atoms with E-state index in [1.54, 1.807) is 24.3 Å². The molecule has 3 aromatic rings. The second-order valence-corrected chi connectivity index (χ2v) is 6.20. The van der Waals surface area contributed by atoms with Gasteiger partial charge in [0.25, 0.3) is 11.8 Å². The Hall–Kier alpha value is -3.38. The van der Waals surface area contributed by atoms with Crippen molar-refractivity contribution in [1.82, 2.24) is 5.06 Å². The quantitative estimate of drug-likeness (QED) is 0.645. The summed E-state index contributed by atoms with van der Waals surface area (Å²) in [6.45, 7) is -0.473. The standard InChI is InChI=1S/C20H12ClNO5/c21-16-9-10-17(13-6-2-1-5-12(13)16)26-11-18(23)27-22-19(24)14-7-3-4-8-15(14)20(22)25/h1-10H,11H2. The minimum atomic E-state index is -0.872. The fraction of sp³-hybridized carbons (Fsp3) is 0.0500. The molecule has 0 radical (unpaired) electrons. The van der Waals surface area contributed by atoms with Crippen LogP contribution in [0, 0.1) is 0 Å². The topological polar surface area (TPSA) is 72.9 Å². The minimum absolute atomic E-state index is 0.194. The summed E-state index contributed by atoms with van der Waals surface area (Å²) in [5.74, 6) is -1.79. The van der Waals surface area contributed by atoms with Gasteiger partial charge in [0.2, 0.25) is 0 Å². The van der Waals surface area contributed by atoms with E-state index in [1.807, 2.05) is 24.3 Å². The summed E-state index contributed by atoms with van der Waals surface area (Å²) < 4.78 is 5.51. The third-order valence-electron chi connectivity index (χ3n) is 4.13. The lowest BCUT2D eigenvalue weighted by atomic mass is 10.1. The maximum Gasteiger partial charge on any atom is 0.370 e. The Bertz CT molecular complexity index is 1060. The Morgan fingerprint density at radius 3 is 2.11 bits per heavy atom. The molecule has 0 aromatic heterocycles. The Kier molecular flexibility index (Phi) is 4.25. The highest BCUT2D eigenvalue weighted by molar-refractivity contribution is 6.35. The van der Waals surface area contributed by atoms with Gasteiger partial charge in [0, 0.05) is 15.8 Å². The molecule has 134 valence electrons. The number of carbonyl (C=O) groups is 3. The first kappa shape index (κ1) is 17.1. The lowest BCUT2D eigenvalue weighted by Crippen LogP contribution is -2.34. The van der Waals surface area contributed by atoms with Gasteiger partial charge >= 0.3 is 5.97 Å². The summed E-state index contributed by atoms with van der Waals surface area (Å²) >= 11 is 6.15. The second kappa shape index (κ2) is 6.74. The number of benzene rings is 3. The molecule has 0 aliphatic carbocycles. The number of rotatable bonds is 4. The SMILES string of the molecule is O=C(COc1ccc(Cl)c2ccccc12)ON1C(=O)c2ccccc2C1=O. The summed E-state index contributed by atoms with van der Waals surface area (Å²) in [6.07, 6.45) is 0. The van der Waals surface area contributed by atoms with Crippen LogP contribution in [0.4, 0.5) is 0 Å². The van der Waals surface area contributed by atoms with Gasteiger partial charge in [0.05, 0.1) is 11.1 Å². The average Bonchev–Trinajstić information content (AvgIpc) is 2.93. The molecule has 0 saturated carbocycles. The molecule has 4 rings (SSSR count). The summed E-state index contributed by atoms with van der Waals surface area (Å²) in [4.78, 5) is 41.4. The van der Waals surface area contributed by atoms with Gasteiger partial charge in [-0.05, 0) is 24.3 Å². The molecular weight excluding hydrogens is 370 g/mol. The Balaban J connectivity index is 1.47. The number of hydrogen-bond donors (Lipinski definition) is 0. The Morgan fingerprint density at radius 1 is 0.852 bits per heavy atom. The van der Waals surface area contributed by atoms with Gasteiger partial charge in [-0.15, -0.1) is 0 Å². The normalized spacial score (nSPS) is 13.0. The number of carbonyl (C=O) groups excluding carboxylic acids is 3. The number of imide groups is 1. The maximum atomic E-state index is 12.2. The van der Waals surface area contributed by atoms with Crippen molar-refractivity contribution in [2.75, 3.05) is 6.61 Å². The fourth-order valence-corrected chi connectivity index (χ4v) is 3.10. The minimum Gasteiger partial charge on any atom is -0.481 e. The second-order valence-electron chi connectivity index (χ2n) is 5.79. The molecule has 0 spiro atoms. The zero-order valence-corrected chi connectivity index (χ0v) is 14.6. The number of halogens is 1. The smallest absolute Gasteiger partial charge is 0.370 e. The van der Waals surface area contributed by atoms with E-state index in [9.17, 15) is 14.4 Å². The molecule has 6 nitrogen and oxygen atoms in total. The first-order valence-corrected chi connectivity index (χ1v) is 8.42. The van der Waals surface area contributed by atoms with E-state index in [-0.39, 0.29) is 11.1 Å². The van der Waals surface area contributed by atoms with Crippen LogP contribution in [0.3, 0.4) is 0 Å². The van der Waals surface area contributed by atoms with E-state index in [1.165, 1.54) is 12.1 Å². The molecule has 0 fully saturated rings. The van der Waals surface area contributed by atoms with Crippen LogP contribution in [0.2, 0.25) is 5.02 Å². The largest absolute Gasteiger partial charge is 0.481 e. The predicted octanol–water partition coefficient (Wildman–Crippen LogP) is 3.63. The van der Waals surface area contributed by atoms with Crippen LogP contribution in [-0.4, -0.2) is 29.5 Å². The lowest BCUT2D eigenvalue weighted by Gasteiger charge is -2.14. The third kappa shape index (κ3) is 3.00. The molecule has 1 aliphatic heterocycles. The fourth-order valence-electron chi connectivity index (χ4n) is 2.88. The summed E-state index contributed by atoms with van der Waals surface area (Å²) in [5, 5.41) is 2.53. The Morgan fingerprint density at radius 2 is 1.44 bits per heavy atom. The van der Waals surface area contributed by atoms with Crippen LogP contribution in [0.1, 0.15) is 20.7 Å². The highest BCUT2D eigenvalue weighted by Gasteiger charge is 2.38. The van der Waals surface area contributed by atoms with Crippen molar-refractivity contribution in [3.63, 3.8) is 0 Å². The Labute approximate surface area is 158 Å². The van der Waals surface area contributed by atoms with Crippen molar-refractivity contribution in [3.8, 4) is 5.75 Å². The highest BCUT2D eigenvalue weighted by atomic mass is 35.5. The van der Waals surface area contributed by atoms with E-state index in [0.717, 1.165) is 10.8 Å². The van der Waals surface area contributed by atoms with Gasteiger partial charge in [0.15, 0.2) is 6.61 Å². The van der Waals surface area contributed by atoms with Crippen LogP contribution in [0.5, 0.6) is 5.75 Å². The van der Waals surface area contributed by atoms with Crippen molar-refractivity contribution < 1.29 is 24.0 Å². The van der Waals surface area contributed by atoms with Gasteiger partial charge in [-0.3, -0.25) is 9.59 Å². The van der Waals surface area contributed by atoms with Gasteiger partial charge in [-0.25, -0.2) is 4.79 Å². The molecule has 0 unspecified atom stereocenters. The van der Waals surface area contributed by atoms with Crippen LogP contribution in [-0.2, 0) is 9.63 Å². The van der Waals surface area contributed by atoms with Gasteiger partial charge in [0.1, 0.15) is 5.75 Å². The number of hydrogen-bond acceptors (Lipinski definition) is 5. The van der Waals surface area contributed by atoms with Crippen molar-refractivity contribution >= 4 is 40.2 Å². The first-order valence-electron chi connectivity index (χ1n) is 8.05. The molecular formula is C20H12ClNO5. The van der Waals surface area contributed by atoms with E-state index in [4.69, 9.17) is 21.2 Å². The predicted molar refractivity (Wildman–Crippen MR) is 97.5 cm³/mol. The van der Waals surface area contributed by atoms with Gasteiger partial charge in [-0.2, -0.15) is 0 Å². The van der Waals surface area contributed by atoms with Crippen LogP contribution < -0.4 is 4.74 Å². The number of fused-ring (bicyclic) bond motifs is 2. The molecule has 1 heterocycles.